The van der Waals surface area contributed by atoms with E-state index in [1.54, 1.807) is 34.9 Å². The Morgan fingerprint density at radius 3 is 2.74 bits per heavy atom. The molecule has 3 aromatic rings. The molecule has 0 aliphatic carbocycles. The maximum absolute atomic E-state index is 13.0. The molecule has 0 atom stereocenters. The Balaban J connectivity index is 1.88. The number of nitrogens with zero attached hydrogens (tertiary/aromatic N) is 2. The molecule has 114 valence electrons. The van der Waals surface area contributed by atoms with E-state index in [-0.39, 0.29) is 11.4 Å². The number of allylic oxidation sites excluding steroid dienone is 1. The Morgan fingerprint density at radius 1 is 1.17 bits per heavy atom. The smallest absolute Gasteiger partial charge is 0.261 e. The second-order valence-electron chi connectivity index (χ2n) is 5.52. The fourth-order valence-electron chi connectivity index (χ4n) is 2.89. The number of hydrogen-bond donors (Lipinski definition) is 0. The number of halogens is 2. The van der Waals surface area contributed by atoms with Gasteiger partial charge < -0.3 is 0 Å². The van der Waals surface area contributed by atoms with Gasteiger partial charge in [-0.3, -0.25) is 9.36 Å². The average molecular weight is 327 g/mol. The minimum atomic E-state index is -0.267. The van der Waals surface area contributed by atoms with Gasteiger partial charge in [-0.05, 0) is 54.0 Å². The van der Waals surface area contributed by atoms with Crippen LogP contribution in [-0.2, 0) is 6.54 Å². The van der Waals surface area contributed by atoms with Crippen molar-refractivity contribution in [2.45, 2.75) is 13.0 Å². The van der Waals surface area contributed by atoms with Crippen molar-refractivity contribution >= 4 is 34.2 Å². The molecule has 0 fully saturated rings. The first-order valence-electron chi connectivity index (χ1n) is 7.28. The molecule has 2 aromatic carbocycles. The molecule has 0 saturated carbocycles. The van der Waals surface area contributed by atoms with E-state index >= 15 is 0 Å². The molecular formula is C18H12ClFN2O. The first kappa shape index (κ1) is 14.2. The Morgan fingerprint density at radius 2 is 1.96 bits per heavy atom. The number of aromatic nitrogens is 2. The van der Waals surface area contributed by atoms with Crippen molar-refractivity contribution in [3.63, 3.8) is 0 Å². The van der Waals surface area contributed by atoms with Crippen molar-refractivity contribution in [1.82, 2.24) is 9.55 Å². The molecule has 0 spiro atoms. The average Bonchev–Trinajstić information content (AvgIpc) is 2.94. The van der Waals surface area contributed by atoms with Crippen LogP contribution < -0.4 is 5.56 Å². The van der Waals surface area contributed by atoms with Gasteiger partial charge >= 0.3 is 0 Å². The first-order valence-corrected chi connectivity index (χ1v) is 7.66. The molecule has 0 radical (unpaired) electrons. The summed E-state index contributed by atoms with van der Waals surface area (Å²) in [6, 6.07) is 11.4. The van der Waals surface area contributed by atoms with Gasteiger partial charge in [0.15, 0.2) is 0 Å². The first-order chi connectivity index (χ1) is 11.1. The summed E-state index contributed by atoms with van der Waals surface area (Å²) in [7, 11) is 0. The molecule has 23 heavy (non-hydrogen) atoms. The summed E-state index contributed by atoms with van der Waals surface area (Å²) >= 11 is 5.97. The molecule has 0 N–H and O–H groups in total. The van der Waals surface area contributed by atoms with Crippen LogP contribution in [0.1, 0.15) is 17.8 Å². The fourth-order valence-corrected chi connectivity index (χ4v) is 3.06. The van der Waals surface area contributed by atoms with Crippen LogP contribution in [0.5, 0.6) is 0 Å². The molecule has 1 aliphatic heterocycles. The molecule has 4 rings (SSSR count). The van der Waals surface area contributed by atoms with E-state index in [4.69, 9.17) is 11.6 Å². The van der Waals surface area contributed by atoms with Crippen LogP contribution in [0.3, 0.4) is 0 Å². The van der Waals surface area contributed by atoms with Gasteiger partial charge in [-0.15, -0.1) is 0 Å². The van der Waals surface area contributed by atoms with E-state index in [1.165, 1.54) is 12.1 Å². The second kappa shape index (κ2) is 5.32. The molecule has 0 bridgehead atoms. The van der Waals surface area contributed by atoms with E-state index in [0.717, 1.165) is 17.6 Å². The Hall–Kier alpha value is -2.46. The highest BCUT2D eigenvalue weighted by molar-refractivity contribution is 6.31. The Bertz CT molecular complexity index is 1010. The van der Waals surface area contributed by atoms with Gasteiger partial charge in [0.05, 0.1) is 10.9 Å². The minimum absolute atomic E-state index is 0.0741. The SMILES string of the molecule is O=c1c2cc(Cl)ccc2nc2n1CCC2=Cc1ccc(F)cc1. The van der Waals surface area contributed by atoms with Crippen molar-refractivity contribution in [2.75, 3.05) is 0 Å². The third-order valence-corrected chi connectivity index (χ3v) is 4.25. The number of benzene rings is 2. The van der Waals surface area contributed by atoms with E-state index in [1.807, 2.05) is 6.08 Å². The third-order valence-electron chi connectivity index (χ3n) is 4.02. The maximum Gasteiger partial charge on any atom is 0.261 e. The van der Waals surface area contributed by atoms with E-state index in [2.05, 4.69) is 4.98 Å². The standard InChI is InChI=1S/C18H12ClFN2O/c19-13-3-6-16-15(10-13)18(23)22-8-7-12(17(22)21-16)9-11-1-4-14(20)5-2-11/h1-6,9-10H,7-8H2. The quantitative estimate of drug-likeness (QED) is 0.674. The van der Waals surface area contributed by atoms with E-state index in [0.29, 0.717) is 28.3 Å². The van der Waals surface area contributed by atoms with Crippen LogP contribution in [0.15, 0.2) is 47.3 Å². The van der Waals surface area contributed by atoms with Gasteiger partial charge in [-0.25, -0.2) is 9.37 Å². The highest BCUT2D eigenvalue weighted by Gasteiger charge is 2.20. The molecular weight excluding hydrogens is 315 g/mol. The van der Waals surface area contributed by atoms with Crippen molar-refractivity contribution in [3.05, 3.63) is 75.0 Å². The van der Waals surface area contributed by atoms with E-state index < -0.39 is 0 Å². The molecule has 2 heterocycles. The summed E-state index contributed by atoms with van der Waals surface area (Å²) in [6.07, 6.45) is 2.68. The molecule has 0 saturated heterocycles. The molecule has 5 heteroatoms. The van der Waals surface area contributed by atoms with Crippen LogP contribution in [0.2, 0.25) is 5.02 Å². The molecule has 0 amide bonds. The zero-order chi connectivity index (χ0) is 16.0. The van der Waals surface area contributed by atoms with Gasteiger partial charge in [0.1, 0.15) is 11.6 Å². The molecule has 1 aromatic heterocycles. The van der Waals surface area contributed by atoms with Crippen molar-refractivity contribution in [3.8, 4) is 0 Å². The van der Waals surface area contributed by atoms with Gasteiger partial charge in [-0.2, -0.15) is 0 Å². The normalized spacial score (nSPS) is 15.3. The molecule has 3 nitrogen and oxygen atoms in total. The van der Waals surface area contributed by atoms with Crippen molar-refractivity contribution < 1.29 is 4.39 Å². The van der Waals surface area contributed by atoms with E-state index in [9.17, 15) is 9.18 Å². The van der Waals surface area contributed by atoms with Crippen molar-refractivity contribution in [2.24, 2.45) is 0 Å². The van der Waals surface area contributed by atoms with Crippen LogP contribution in [0.25, 0.3) is 22.6 Å². The predicted molar refractivity (Wildman–Crippen MR) is 89.9 cm³/mol. The van der Waals surface area contributed by atoms with Gasteiger partial charge in [0.2, 0.25) is 0 Å². The largest absolute Gasteiger partial charge is 0.292 e. The lowest BCUT2D eigenvalue weighted by Gasteiger charge is -2.06. The molecule has 1 aliphatic rings. The lowest BCUT2D eigenvalue weighted by molar-refractivity contribution is 0.628. The summed E-state index contributed by atoms with van der Waals surface area (Å²) in [4.78, 5) is 17.2. The van der Waals surface area contributed by atoms with Gasteiger partial charge in [0.25, 0.3) is 5.56 Å². The maximum atomic E-state index is 13.0. The van der Waals surface area contributed by atoms with Crippen molar-refractivity contribution in [1.29, 1.82) is 0 Å². The zero-order valence-corrected chi connectivity index (χ0v) is 12.8. The summed E-state index contributed by atoms with van der Waals surface area (Å²) in [5.74, 6) is 0.408. The van der Waals surface area contributed by atoms with Crippen LogP contribution >= 0.6 is 11.6 Å². The monoisotopic (exact) mass is 326 g/mol. The fraction of sp³-hybridized carbons (Fsp3) is 0.111. The Labute approximate surface area is 136 Å². The van der Waals surface area contributed by atoms with Crippen LogP contribution in [0, 0.1) is 5.82 Å². The zero-order valence-electron chi connectivity index (χ0n) is 12.1. The summed E-state index contributed by atoms with van der Waals surface area (Å²) in [5, 5.41) is 1.06. The predicted octanol–water partition coefficient (Wildman–Crippen LogP) is 4.13. The van der Waals surface area contributed by atoms with Crippen LogP contribution in [-0.4, -0.2) is 9.55 Å². The highest BCUT2D eigenvalue weighted by atomic mass is 35.5. The van der Waals surface area contributed by atoms with Crippen LogP contribution in [0.4, 0.5) is 4.39 Å². The topological polar surface area (TPSA) is 34.9 Å². The summed E-state index contributed by atoms with van der Waals surface area (Å²) < 4.78 is 14.7. The van der Waals surface area contributed by atoms with Gasteiger partial charge in [-0.1, -0.05) is 23.7 Å². The van der Waals surface area contributed by atoms with Gasteiger partial charge in [0, 0.05) is 11.6 Å². The third kappa shape index (κ3) is 2.45. The lowest BCUT2D eigenvalue weighted by Crippen LogP contribution is -2.20. The lowest BCUT2D eigenvalue weighted by atomic mass is 10.1. The highest BCUT2D eigenvalue weighted by Crippen LogP contribution is 2.28. The number of hydrogen-bond acceptors (Lipinski definition) is 2. The molecule has 0 unspecified atom stereocenters. The second-order valence-corrected chi connectivity index (χ2v) is 5.96. The number of rotatable bonds is 1. The minimum Gasteiger partial charge on any atom is -0.292 e. The Kier molecular flexibility index (Phi) is 3.27. The number of fused-ring (bicyclic) bond motifs is 2. The summed E-state index contributed by atoms with van der Waals surface area (Å²) in [5.41, 5.74) is 2.43. The summed E-state index contributed by atoms with van der Waals surface area (Å²) in [6.45, 7) is 0.594.